The van der Waals surface area contributed by atoms with Crippen LogP contribution in [0.1, 0.15) is 25.7 Å². The Morgan fingerprint density at radius 2 is 1.89 bits per heavy atom. The average molecular weight is 142 g/mol. The fourth-order valence-electron chi connectivity index (χ4n) is 1.80. The van der Waals surface area contributed by atoms with E-state index in [1.54, 1.807) is 6.42 Å². The van der Waals surface area contributed by atoms with Gasteiger partial charge in [-0.1, -0.05) is 0 Å². The molecule has 2 unspecified atom stereocenters. The Hall–Kier alpha value is 0.350. The highest BCUT2D eigenvalue weighted by Crippen LogP contribution is 2.46. The molecule has 0 radical (unpaired) electrons. The third kappa shape index (κ3) is 1.43. The van der Waals surface area contributed by atoms with Crippen LogP contribution in [0.15, 0.2) is 0 Å². The van der Waals surface area contributed by atoms with Crippen molar-refractivity contribution < 1.29 is 0 Å². The summed E-state index contributed by atoms with van der Waals surface area (Å²) in [5.41, 5.74) is 0. The Morgan fingerprint density at radius 3 is 2.89 bits per heavy atom. The molecule has 0 nitrogen and oxygen atoms in total. The lowest BCUT2D eigenvalue weighted by Gasteiger charge is -2.05. The van der Waals surface area contributed by atoms with E-state index >= 15 is 0 Å². The van der Waals surface area contributed by atoms with Crippen LogP contribution in [0.5, 0.6) is 0 Å². The summed E-state index contributed by atoms with van der Waals surface area (Å²) < 4.78 is 0. The second-order valence-electron chi connectivity index (χ2n) is 3.30. The van der Waals surface area contributed by atoms with Crippen molar-refractivity contribution in [3.05, 3.63) is 0 Å². The highest BCUT2D eigenvalue weighted by Gasteiger charge is 2.35. The SMILES string of the molecule is C1CSCCC2CC2C1. The van der Waals surface area contributed by atoms with Gasteiger partial charge in [-0.25, -0.2) is 0 Å². The predicted molar refractivity (Wildman–Crippen MR) is 42.8 cm³/mol. The first-order chi connectivity index (χ1) is 4.47. The van der Waals surface area contributed by atoms with Crippen molar-refractivity contribution in [2.24, 2.45) is 11.8 Å². The molecule has 0 aromatic heterocycles. The van der Waals surface area contributed by atoms with Crippen molar-refractivity contribution in [3.8, 4) is 0 Å². The number of thioether (sulfide) groups is 1. The summed E-state index contributed by atoms with van der Waals surface area (Å²) in [4.78, 5) is 0. The molecule has 0 spiro atoms. The second kappa shape index (κ2) is 2.53. The molecule has 2 aliphatic rings. The number of rotatable bonds is 0. The topological polar surface area (TPSA) is 0 Å². The van der Waals surface area contributed by atoms with Gasteiger partial charge in [0.1, 0.15) is 0 Å². The quantitative estimate of drug-likeness (QED) is 0.501. The summed E-state index contributed by atoms with van der Waals surface area (Å²) in [6.45, 7) is 0. The minimum absolute atomic E-state index is 1.16. The van der Waals surface area contributed by atoms with Crippen LogP contribution < -0.4 is 0 Å². The summed E-state index contributed by atoms with van der Waals surface area (Å²) in [6, 6.07) is 0. The van der Waals surface area contributed by atoms with Gasteiger partial charge in [0.15, 0.2) is 0 Å². The molecule has 52 valence electrons. The van der Waals surface area contributed by atoms with Crippen molar-refractivity contribution >= 4 is 11.8 Å². The summed E-state index contributed by atoms with van der Waals surface area (Å²) in [6.07, 6.45) is 6.12. The maximum atomic E-state index is 2.16. The molecule has 2 fully saturated rings. The van der Waals surface area contributed by atoms with Crippen molar-refractivity contribution in [2.45, 2.75) is 25.7 Å². The van der Waals surface area contributed by atoms with E-state index in [1.165, 1.54) is 36.7 Å². The maximum absolute atomic E-state index is 2.16. The zero-order chi connectivity index (χ0) is 6.10. The van der Waals surface area contributed by atoms with E-state index in [-0.39, 0.29) is 0 Å². The molecule has 9 heavy (non-hydrogen) atoms. The summed E-state index contributed by atoms with van der Waals surface area (Å²) in [5, 5.41) is 0. The van der Waals surface area contributed by atoms with Crippen molar-refractivity contribution in [2.75, 3.05) is 11.5 Å². The number of fused-ring (bicyclic) bond motifs is 1. The normalized spacial score (nSPS) is 42.7. The molecule has 1 aliphatic carbocycles. The van der Waals surface area contributed by atoms with E-state index in [1.807, 2.05) is 0 Å². The summed E-state index contributed by atoms with van der Waals surface area (Å²) >= 11 is 2.16. The van der Waals surface area contributed by atoms with Crippen LogP contribution in [-0.2, 0) is 0 Å². The zero-order valence-corrected chi connectivity index (χ0v) is 6.62. The van der Waals surface area contributed by atoms with Gasteiger partial charge in [0.25, 0.3) is 0 Å². The fraction of sp³-hybridized carbons (Fsp3) is 1.00. The van der Waals surface area contributed by atoms with E-state index in [0.29, 0.717) is 0 Å². The van der Waals surface area contributed by atoms with Gasteiger partial charge >= 0.3 is 0 Å². The highest BCUT2D eigenvalue weighted by molar-refractivity contribution is 7.99. The molecule has 0 N–H and O–H groups in total. The minimum atomic E-state index is 1.16. The van der Waals surface area contributed by atoms with E-state index in [4.69, 9.17) is 0 Å². The van der Waals surface area contributed by atoms with Crippen LogP contribution in [0.3, 0.4) is 0 Å². The van der Waals surface area contributed by atoms with E-state index < -0.39 is 0 Å². The van der Waals surface area contributed by atoms with Crippen molar-refractivity contribution in [1.82, 2.24) is 0 Å². The molecule has 0 bridgehead atoms. The van der Waals surface area contributed by atoms with Gasteiger partial charge in [0, 0.05) is 0 Å². The molecule has 0 amide bonds. The molecule has 1 aliphatic heterocycles. The van der Waals surface area contributed by atoms with Crippen molar-refractivity contribution in [1.29, 1.82) is 0 Å². The summed E-state index contributed by atoms with van der Waals surface area (Å²) in [5.74, 6) is 5.22. The molecule has 1 saturated carbocycles. The molecule has 2 rings (SSSR count). The first-order valence-corrected chi connectivity index (χ1v) is 5.20. The monoisotopic (exact) mass is 142 g/mol. The summed E-state index contributed by atoms with van der Waals surface area (Å²) in [7, 11) is 0. The lowest BCUT2D eigenvalue weighted by molar-refractivity contribution is 0.619. The lowest BCUT2D eigenvalue weighted by Crippen LogP contribution is -1.93. The Kier molecular flexibility index (Phi) is 1.71. The van der Waals surface area contributed by atoms with Gasteiger partial charge in [-0.3, -0.25) is 0 Å². The molecule has 0 aromatic carbocycles. The molecule has 1 saturated heterocycles. The second-order valence-corrected chi connectivity index (χ2v) is 4.52. The first kappa shape index (κ1) is 6.09. The molecule has 1 heteroatoms. The van der Waals surface area contributed by atoms with Gasteiger partial charge in [-0.15, -0.1) is 0 Å². The van der Waals surface area contributed by atoms with E-state index in [0.717, 1.165) is 5.92 Å². The van der Waals surface area contributed by atoms with Gasteiger partial charge in [-0.2, -0.15) is 11.8 Å². The molecular formula is C8H14S. The Balaban J connectivity index is 1.81. The highest BCUT2D eigenvalue weighted by atomic mass is 32.2. The molecule has 1 heterocycles. The standard InChI is InChI=1S/C8H14S/c1-2-7-6-8(7)3-5-9-4-1/h7-8H,1-6H2. The zero-order valence-electron chi connectivity index (χ0n) is 5.81. The van der Waals surface area contributed by atoms with Crippen LogP contribution in [0.4, 0.5) is 0 Å². The molecule has 0 aromatic rings. The fourth-order valence-corrected chi connectivity index (χ4v) is 2.85. The Labute approximate surface area is 61.4 Å². The molecule has 2 atom stereocenters. The van der Waals surface area contributed by atoms with Crippen LogP contribution in [0.25, 0.3) is 0 Å². The van der Waals surface area contributed by atoms with E-state index in [2.05, 4.69) is 11.8 Å². The number of hydrogen-bond acceptors (Lipinski definition) is 1. The predicted octanol–water partition coefficient (Wildman–Crippen LogP) is 2.54. The van der Waals surface area contributed by atoms with Crippen LogP contribution in [0, 0.1) is 11.8 Å². The third-order valence-corrected chi connectivity index (χ3v) is 3.67. The smallest absolute Gasteiger partial charge is 0.00648 e. The Bertz CT molecular complexity index is 88.7. The number of hydrogen-bond donors (Lipinski definition) is 0. The maximum Gasteiger partial charge on any atom is -0.00648 e. The largest absolute Gasteiger partial charge is 0.162 e. The van der Waals surface area contributed by atoms with Crippen LogP contribution >= 0.6 is 11.8 Å². The lowest BCUT2D eigenvalue weighted by atomic mass is 10.2. The minimum Gasteiger partial charge on any atom is -0.162 e. The molecular weight excluding hydrogens is 128 g/mol. The van der Waals surface area contributed by atoms with Crippen molar-refractivity contribution in [3.63, 3.8) is 0 Å². The van der Waals surface area contributed by atoms with Crippen LogP contribution in [-0.4, -0.2) is 11.5 Å². The third-order valence-electron chi connectivity index (χ3n) is 2.57. The van der Waals surface area contributed by atoms with Crippen LogP contribution in [0.2, 0.25) is 0 Å². The average Bonchev–Trinajstić information content (AvgIpc) is 2.46. The van der Waals surface area contributed by atoms with Gasteiger partial charge < -0.3 is 0 Å². The Morgan fingerprint density at radius 1 is 1.00 bits per heavy atom. The van der Waals surface area contributed by atoms with Gasteiger partial charge in [0.05, 0.1) is 0 Å². The van der Waals surface area contributed by atoms with E-state index in [9.17, 15) is 0 Å². The van der Waals surface area contributed by atoms with Gasteiger partial charge in [0.2, 0.25) is 0 Å². The first-order valence-electron chi connectivity index (χ1n) is 4.04. The van der Waals surface area contributed by atoms with Gasteiger partial charge in [-0.05, 0) is 49.0 Å².